The number of rotatable bonds is 5. The van der Waals surface area contributed by atoms with E-state index in [1.54, 1.807) is 6.92 Å². The Balaban J connectivity index is 3.31. The molecule has 0 heterocycles. The van der Waals surface area contributed by atoms with Gasteiger partial charge in [-0.3, -0.25) is 0 Å². The minimum Gasteiger partial charge on any atom is -0.465 e. The highest BCUT2D eigenvalue weighted by Gasteiger charge is 2.01. The monoisotopic (exact) mass is 187 g/mol. The van der Waals surface area contributed by atoms with Crippen LogP contribution in [-0.4, -0.2) is 30.3 Å². The highest BCUT2D eigenvalue weighted by molar-refractivity contribution is 5.86. The molecule has 2 N–H and O–H groups in total. The molecule has 0 fully saturated rings. The molecule has 0 saturated carbocycles. The zero-order valence-electron chi connectivity index (χ0n) is 7.50. The lowest BCUT2D eigenvalue weighted by Crippen LogP contribution is -2.23. The molecule has 0 rings (SSSR count). The Labute approximate surface area is 76.4 Å². The largest absolute Gasteiger partial charge is 0.465 e. The molecule has 0 aromatic heterocycles. The van der Waals surface area contributed by atoms with E-state index in [9.17, 15) is 9.59 Å². The number of nitrogens with one attached hydrogen (secondary N) is 1. The number of esters is 1. The summed E-state index contributed by atoms with van der Waals surface area (Å²) < 4.78 is 4.71. The Hall–Kier alpha value is -1.52. The summed E-state index contributed by atoms with van der Waals surface area (Å²) in [5.41, 5.74) is 0.339. The topological polar surface area (TPSA) is 75.6 Å². The molecule has 5 nitrogen and oxygen atoms in total. The van der Waals surface area contributed by atoms with Crippen molar-refractivity contribution in [1.82, 2.24) is 5.32 Å². The molecule has 1 amide bonds. The SMILES string of the molecule is C=C(C)C(=O)OCCCNC(=O)O. The lowest BCUT2D eigenvalue weighted by Gasteiger charge is -2.03. The van der Waals surface area contributed by atoms with Crippen LogP contribution in [0.1, 0.15) is 13.3 Å². The van der Waals surface area contributed by atoms with Crippen LogP contribution in [-0.2, 0) is 9.53 Å². The average molecular weight is 187 g/mol. The molecule has 0 atom stereocenters. The molecule has 0 aliphatic rings. The summed E-state index contributed by atoms with van der Waals surface area (Å²) in [4.78, 5) is 20.8. The quantitative estimate of drug-likeness (QED) is 0.378. The Morgan fingerprint density at radius 1 is 1.54 bits per heavy atom. The first-order chi connectivity index (χ1) is 6.04. The van der Waals surface area contributed by atoms with Crippen molar-refractivity contribution >= 4 is 12.1 Å². The number of carbonyl (C=O) groups is 2. The van der Waals surface area contributed by atoms with Gasteiger partial charge in [-0.05, 0) is 13.3 Å². The molecular weight excluding hydrogens is 174 g/mol. The van der Waals surface area contributed by atoms with Gasteiger partial charge in [0.05, 0.1) is 6.61 Å². The number of ether oxygens (including phenoxy) is 1. The van der Waals surface area contributed by atoms with E-state index < -0.39 is 12.1 Å². The van der Waals surface area contributed by atoms with Gasteiger partial charge in [-0.2, -0.15) is 0 Å². The van der Waals surface area contributed by atoms with Crippen LogP contribution >= 0.6 is 0 Å². The van der Waals surface area contributed by atoms with Crippen LogP contribution in [0, 0.1) is 0 Å². The van der Waals surface area contributed by atoms with Crippen molar-refractivity contribution in [3.05, 3.63) is 12.2 Å². The third-order valence-corrected chi connectivity index (χ3v) is 1.18. The molecule has 13 heavy (non-hydrogen) atoms. The molecule has 0 bridgehead atoms. The standard InChI is InChI=1S/C8H13NO4/c1-6(2)7(10)13-5-3-4-9-8(11)12/h9H,1,3-5H2,2H3,(H,11,12). The number of carbonyl (C=O) groups excluding carboxylic acids is 1. The number of carboxylic acid groups (broad SMARTS) is 1. The van der Waals surface area contributed by atoms with Crippen molar-refractivity contribution in [2.45, 2.75) is 13.3 Å². The smallest absolute Gasteiger partial charge is 0.404 e. The summed E-state index contributed by atoms with van der Waals surface area (Å²) in [5.74, 6) is -0.449. The van der Waals surface area contributed by atoms with E-state index in [0.717, 1.165) is 0 Å². The lowest BCUT2D eigenvalue weighted by atomic mass is 10.3. The van der Waals surface area contributed by atoms with Crippen LogP contribution in [0.5, 0.6) is 0 Å². The van der Waals surface area contributed by atoms with Gasteiger partial charge in [-0.1, -0.05) is 6.58 Å². The second kappa shape index (κ2) is 6.05. The second-order valence-corrected chi connectivity index (χ2v) is 2.50. The van der Waals surface area contributed by atoms with Crippen molar-refractivity contribution in [1.29, 1.82) is 0 Å². The van der Waals surface area contributed by atoms with Gasteiger partial charge >= 0.3 is 12.1 Å². The summed E-state index contributed by atoms with van der Waals surface area (Å²) >= 11 is 0. The predicted molar refractivity (Wildman–Crippen MR) is 46.4 cm³/mol. The van der Waals surface area contributed by atoms with Gasteiger partial charge in [0.1, 0.15) is 0 Å². The maximum atomic E-state index is 10.8. The van der Waals surface area contributed by atoms with E-state index in [-0.39, 0.29) is 13.2 Å². The predicted octanol–water partition coefficient (Wildman–Crippen LogP) is 0.763. The van der Waals surface area contributed by atoms with Crippen molar-refractivity contribution in [2.24, 2.45) is 0 Å². The Morgan fingerprint density at radius 2 is 2.15 bits per heavy atom. The van der Waals surface area contributed by atoms with E-state index in [1.165, 1.54) is 0 Å². The van der Waals surface area contributed by atoms with Crippen LogP contribution in [0.15, 0.2) is 12.2 Å². The van der Waals surface area contributed by atoms with Crippen molar-refractivity contribution in [2.75, 3.05) is 13.2 Å². The zero-order valence-corrected chi connectivity index (χ0v) is 7.50. The lowest BCUT2D eigenvalue weighted by molar-refractivity contribution is -0.138. The van der Waals surface area contributed by atoms with Crippen molar-refractivity contribution in [3.63, 3.8) is 0 Å². The van der Waals surface area contributed by atoms with E-state index in [0.29, 0.717) is 12.0 Å². The maximum Gasteiger partial charge on any atom is 0.404 e. The summed E-state index contributed by atoms with van der Waals surface area (Å²) in [6, 6.07) is 0. The van der Waals surface area contributed by atoms with Crippen molar-refractivity contribution in [3.8, 4) is 0 Å². The highest BCUT2D eigenvalue weighted by atomic mass is 16.5. The van der Waals surface area contributed by atoms with Gasteiger partial charge < -0.3 is 15.2 Å². The first kappa shape index (κ1) is 11.5. The number of hydrogen-bond acceptors (Lipinski definition) is 3. The van der Waals surface area contributed by atoms with Gasteiger partial charge in [-0.15, -0.1) is 0 Å². The fraction of sp³-hybridized carbons (Fsp3) is 0.500. The fourth-order valence-corrected chi connectivity index (χ4v) is 0.556. The molecular formula is C8H13NO4. The van der Waals surface area contributed by atoms with Gasteiger partial charge in [-0.25, -0.2) is 9.59 Å². The van der Waals surface area contributed by atoms with E-state index in [1.807, 2.05) is 0 Å². The first-order valence-electron chi connectivity index (χ1n) is 3.83. The van der Waals surface area contributed by atoms with E-state index in [2.05, 4.69) is 11.9 Å². The minimum atomic E-state index is -1.08. The molecule has 0 aliphatic heterocycles. The normalized spacial score (nSPS) is 9.00. The maximum absolute atomic E-state index is 10.8. The van der Waals surface area contributed by atoms with Crippen molar-refractivity contribution < 1.29 is 19.4 Å². The molecule has 74 valence electrons. The molecule has 0 aromatic rings. The summed E-state index contributed by atoms with van der Waals surface area (Å²) in [7, 11) is 0. The second-order valence-electron chi connectivity index (χ2n) is 2.50. The van der Waals surface area contributed by atoms with Gasteiger partial charge in [0, 0.05) is 12.1 Å². The average Bonchev–Trinajstić information content (AvgIpc) is 2.02. The number of amides is 1. The molecule has 0 aromatic carbocycles. The van der Waals surface area contributed by atoms with Gasteiger partial charge in [0.25, 0.3) is 0 Å². The van der Waals surface area contributed by atoms with Crippen LogP contribution < -0.4 is 5.32 Å². The van der Waals surface area contributed by atoms with E-state index in [4.69, 9.17) is 9.84 Å². The van der Waals surface area contributed by atoms with Crippen LogP contribution in [0.2, 0.25) is 0 Å². The Morgan fingerprint density at radius 3 is 2.62 bits per heavy atom. The van der Waals surface area contributed by atoms with Crippen LogP contribution in [0.3, 0.4) is 0 Å². The third-order valence-electron chi connectivity index (χ3n) is 1.18. The van der Waals surface area contributed by atoms with Gasteiger partial charge in [0.15, 0.2) is 0 Å². The third kappa shape index (κ3) is 6.86. The molecule has 0 spiro atoms. The molecule has 0 saturated heterocycles. The molecule has 0 unspecified atom stereocenters. The Bertz CT molecular complexity index is 212. The number of hydrogen-bond donors (Lipinski definition) is 2. The summed E-state index contributed by atoms with van der Waals surface area (Å²) in [5, 5.41) is 10.3. The van der Waals surface area contributed by atoms with Crippen LogP contribution in [0.4, 0.5) is 4.79 Å². The fourth-order valence-electron chi connectivity index (χ4n) is 0.556. The molecule has 0 aliphatic carbocycles. The zero-order chi connectivity index (χ0) is 10.3. The highest BCUT2D eigenvalue weighted by Crippen LogP contribution is 1.92. The minimum absolute atomic E-state index is 0.200. The van der Waals surface area contributed by atoms with Gasteiger partial charge in [0.2, 0.25) is 0 Å². The van der Waals surface area contributed by atoms with E-state index >= 15 is 0 Å². The Kier molecular flexibility index (Phi) is 5.34. The molecule has 5 heteroatoms. The summed E-state index contributed by atoms with van der Waals surface area (Å²) in [6.45, 7) is 5.43. The summed E-state index contributed by atoms with van der Waals surface area (Å²) in [6.07, 6.45) is -0.614. The molecule has 0 radical (unpaired) electrons. The van der Waals surface area contributed by atoms with Crippen LogP contribution in [0.25, 0.3) is 0 Å². The first-order valence-corrected chi connectivity index (χ1v) is 3.83.